The molecule has 1 amide bonds. The third-order valence-electron chi connectivity index (χ3n) is 5.46. The van der Waals surface area contributed by atoms with Gasteiger partial charge in [-0.15, -0.1) is 5.10 Å². The Balaban J connectivity index is 1.78. The standard InChI is InChI=1S/C20H22F3N5O2S/c1-3-15-24-19-28(25-15)18(30)17(31-19)16(27-9-7-26(8-10-27)12(2)29)13-5-4-6-14(11-13)20(21,22)23/h4-6,11,16,30H,3,7-10H2,1-2H3. The van der Waals surface area contributed by atoms with E-state index in [2.05, 4.69) is 10.1 Å². The zero-order chi connectivity index (χ0) is 22.3. The summed E-state index contributed by atoms with van der Waals surface area (Å²) >= 11 is 1.21. The molecule has 7 nitrogen and oxygen atoms in total. The highest BCUT2D eigenvalue weighted by molar-refractivity contribution is 7.17. The van der Waals surface area contributed by atoms with Crippen molar-refractivity contribution in [2.45, 2.75) is 32.5 Å². The van der Waals surface area contributed by atoms with Crippen molar-refractivity contribution in [2.24, 2.45) is 0 Å². The normalized spacial score (nSPS) is 16.7. The van der Waals surface area contributed by atoms with Crippen molar-refractivity contribution < 1.29 is 23.1 Å². The van der Waals surface area contributed by atoms with Gasteiger partial charge >= 0.3 is 6.18 Å². The molecule has 1 atom stereocenters. The van der Waals surface area contributed by atoms with Gasteiger partial charge in [-0.1, -0.05) is 30.4 Å². The zero-order valence-electron chi connectivity index (χ0n) is 17.1. The number of benzene rings is 1. The average Bonchev–Trinajstić information content (AvgIpc) is 3.27. The van der Waals surface area contributed by atoms with Crippen molar-refractivity contribution in [1.29, 1.82) is 0 Å². The van der Waals surface area contributed by atoms with Crippen molar-refractivity contribution in [2.75, 3.05) is 26.2 Å². The van der Waals surface area contributed by atoms with Crippen LogP contribution in [0, 0.1) is 0 Å². The summed E-state index contributed by atoms with van der Waals surface area (Å²) in [6.07, 6.45) is -3.87. The van der Waals surface area contributed by atoms with Gasteiger partial charge in [0.2, 0.25) is 16.7 Å². The first-order valence-electron chi connectivity index (χ1n) is 9.93. The van der Waals surface area contributed by atoms with Crippen molar-refractivity contribution in [3.05, 3.63) is 46.1 Å². The number of aryl methyl sites for hydroxylation is 1. The van der Waals surface area contributed by atoms with E-state index in [0.717, 1.165) is 12.1 Å². The van der Waals surface area contributed by atoms with Crippen LogP contribution in [0.4, 0.5) is 13.2 Å². The number of aromatic nitrogens is 3. The van der Waals surface area contributed by atoms with Crippen LogP contribution in [0.15, 0.2) is 24.3 Å². The van der Waals surface area contributed by atoms with Crippen LogP contribution in [-0.2, 0) is 17.4 Å². The van der Waals surface area contributed by atoms with Gasteiger partial charge in [0.05, 0.1) is 16.5 Å². The number of carbonyl (C=O) groups is 1. The maximum atomic E-state index is 13.4. The fourth-order valence-corrected chi connectivity index (χ4v) is 4.96. The molecule has 0 spiro atoms. The van der Waals surface area contributed by atoms with Gasteiger partial charge in [-0.3, -0.25) is 9.69 Å². The molecule has 1 N–H and O–H groups in total. The first-order valence-corrected chi connectivity index (χ1v) is 10.7. The Hall–Kier alpha value is -2.66. The van der Waals surface area contributed by atoms with E-state index < -0.39 is 17.8 Å². The van der Waals surface area contributed by atoms with Crippen LogP contribution in [0.2, 0.25) is 0 Å². The van der Waals surface area contributed by atoms with Gasteiger partial charge in [-0.05, 0) is 17.7 Å². The first-order chi connectivity index (χ1) is 14.7. The molecular formula is C20H22F3N5O2S. The van der Waals surface area contributed by atoms with Gasteiger partial charge in [-0.25, -0.2) is 4.98 Å². The number of thiazole rings is 1. The number of rotatable bonds is 4. The van der Waals surface area contributed by atoms with E-state index in [4.69, 9.17) is 0 Å². The van der Waals surface area contributed by atoms with Crippen LogP contribution >= 0.6 is 11.3 Å². The summed E-state index contributed by atoms with van der Waals surface area (Å²) in [5.41, 5.74) is -0.328. The summed E-state index contributed by atoms with van der Waals surface area (Å²) in [6.45, 7) is 5.26. The van der Waals surface area contributed by atoms with Gasteiger partial charge in [0, 0.05) is 39.5 Å². The quantitative estimate of drug-likeness (QED) is 0.656. The molecule has 1 saturated heterocycles. The molecule has 0 aliphatic carbocycles. The Morgan fingerprint density at radius 3 is 2.55 bits per heavy atom. The molecule has 1 aliphatic heterocycles. The summed E-state index contributed by atoms with van der Waals surface area (Å²) in [5, 5.41) is 15.2. The number of fused-ring (bicyclic) bond motifs is 1. The Kier molecular flexibility index (Phi) is 5.65. The van der Waals surface area contributed by atoms with Crippen molar-refractivity contribution >= 4 is 22.2 Å². The summed E-state index contributed by atoms with van der Waals surface area (Å²) in [4.78, 5) is 20.7. The van der Waals surface area contributed by atoms with Crippen LogP contribution in [-0.4, -0.2) is 61.6 Å². The molecule has 0 bridgehead atoms. The molecule has 4 rings (SSSR count). The SMILES string of the molecule is CCc1nc2sc(C(c3cccc(C(F)(F)F)c3)N3CCN(C(C)=O)CC3)c(O)n2n1. The second-order valence-corrected chi connectivity index (χ2v) is 8.44. The Morgan fingerprint density at radius 2 is 1.97 bits per heavy atom. The number of alkyl halides is 3. The maximum absolute atomic E-state index is 13.4. The third-order valence-corrected chi connectivity index (χ3v) is 6.54. The van der Waals surface area contributed by atoms with Crippen LogP contribution in [0.1, 0.15) is 41.7 Å². The van der Waals surface area contributed by atoms with E-state index in [-0.39, 0.29) is 11.8 Å². The monoisotopic (exact) mass is 453 g/mol. The van der Waals surface area contributed by atoms with Gasteiger partial charge < -0.3 is 10.0 Å². The lowest BCUT2D eigenvalue weighted by Crippen LogP contribution is -2.49. The summed E-state index contributed by atoms with van der Waals surface area (Å²) in [5.74, 6) is 0.423. The van der Waals surface area contributed by atoms with Crippen LogP contribution in [0.25, 0.3) is 4.96 Å². The lowest BCUT2D eigenvalue weighted by Gasteiger charge is -2.39. The second-order valence-electron chi connectivity index (χ2n) is 7.43. The fraction of sp³-hybridized carbons (Fsp3) is 0.450. The van der Waals surface area contributed by atoms with Crippen LogP contribution in [0.3, 0.4) is 0 Å². The van der Waals surface area contributed by atoms with E-state index >= 15 is 0 Å². The van der Waals surface area contributed by atoms with Gasteiger partial charge in [-0.2, -0.15) is 17.7 Å². The Labute approximate surface area is 180 Å². The first kappa shape index (κ1) is 21.6. The zero-order valence-corrected chi connectivity index (χ0v) is 17.9. The minimum absolute atomic E-state index is 0.0380. The lowest BCUT2D eigenvalue weighted by atomic mass is 10.00. The van der Waals surface area contributed by atoms with Gasteiger partial charge in [0.15, 0.2) is 5.82 Å². The van der Waals surface area contributed by atoms with E-state index in [1.54, 1.807) is 11.0 Å². The number of nitrogens with zero attached hydrogens (tertiary/aromatic N) is 5. The van der Waals surface area contributed by atoms with Crippen molar-refractivity contribution in [3.8, 4) is 5.88 Å². The van der Waals surface area contributed by atoms with Crippen LogP contribution < -0.4 is 0 Å². The predicted octanol–water partition coefficient (Wildman–Crippen LogP) is 3.33. The number of hydrogen-bond donors (Lipinski definition) is 1. The molecule has 0 radical (unpaired) electrons. The Bertz CT molecular complexity index is 1100. The molecule has 3 heterocycles. The van der Waals surface area contributed by atoms with Crippen molar-refractivity contribution in [3.63, 3.8) is 0 Å². The maximum Gasteiger partial charge on any atom is 0.416 e. The molecule has 1 aromatic carbocycles. The van der Waals surface area contributed by atoms with E-state index in [1.807, 2.05) is 11.8 Å². The molecule has 3 aromatic rings. The van der Waals surface area contributed by atoms with Gasteiger partial charge in [0.25, 0.3) is 0 Å². The molecule has 1 fully saturated rings. The molecule has 1 unspecified atom stereocenters. The van der Waals surface area contributed by atoms with Gasteiger partial charge in [0.1, 0.15) is 0 Å². The number of piperazine rings is 1. The number of hydrogen-bond acceptors (Lipinski definition) is 6. The third kappa shape index (κ3) is 4.11. The van der Waals surface area contributed by atoms with Crippen LogP contribution in [0.5, 0.6) is 5.88 Å². The second kappa shape index (κ2) is 8.12. The molecular weight excluding hydrogens is 431 g/mol. The highest BCUT2D eigenvalue weighted by Gasteiger charge is 2.35. The summed E-state index contributed by atoms with van der Waals surface area (Å²) in [6, 6.07) is 4.54. The highest BCUT2D eigenvalue weighted by atomic mass is 32.1. The molecule has 166 valence electrons. The number of amides is 1. The highest BCUT2D eigenvalue weighted by Crippen LogP contribution is 2.41. The molecule has 31 heavy (non-hydrogen) atoms. The minimum atomic E-state index is -4.47. The Morgan fingerprint density at radius 1 is 1.26 bits per heavy atom. The smallest absolute Gasteiger partial charge is 0.416 e. The summed E-state index contributed by atoms with van der Waals surface area (Å²) in [7, 11) is 0. The molecule has 0 saturated carbocycles. The molecule has 2 aromatic heterocycles. The lowest BCUT2D eigenvalue weighted by molar-refractivity contribution is -0.137. The summed E-state index contributed by atoms with van der Waals surface area (Å²) < 4.78 is 41.4. The molecule has 11 heteroatoms. The van der Waals surface area contributed by atoms with E-state index in [0.29, 0.717) is 53.8 Å². The number of aromatic hydroxyl groups is 1. The largest absolute Gasteiger partial charge is 0.492 e. The average molecular weight is 453 g/mol. The molecule has 1 aliphatic rings. The fourth-order valence-electron chi connectivity index (χ4n) is 3.83. The minimum Gasteiger partial charge on any atom is -0.492 e. The van der Waals surface area contributed by atoms with E-state index in [9.17, 15) is 23.1 Å². The predicted molar refractivity (Wildman–Crippen MR) is 109 cm³/mol. The number of halogens is 3. The topological polar surface area (TPSA) is 74.0 Å². The number of carbonyl (C=O) groups excluding carboxylic acids is 1. The van der Waals surface area contributed by atoms with E-state index in [1.165, 1.54) is 28.8 Å². The van der Waals surface area contributed by atoms with Crippen molar-refractivity contribution in [1.82, 2.24) is 24.4 Å².